The number of fused-ring (bicyclic) bond motifs is 1. The molecule has 2 aromatic carbocycles. The summed E-state index contributed by atoms with van der Waals surface area (Å²) in [4.78, 5) is 16.7. The molecule has 1 atom stereocenters. The summed E-state index contributed by atoms with van der Waals surface area (Å²) in [6.07, 6.45) is 1.57. The van der Waals surface area contributed by atoms with Crippen molar-refractivity contribution in [3.05, 3.63) is 53.6 Å². The highest BCUT2D eigenvalue weighted by Crippen LogP contribution is 2.32. The highest BCUT2D eigenvalue weighted by atomic mass is 16.5. The molecule has 2 heterocycles. The van der Waals surface area contributed by atoms with Crippen LogP contribution in [-0.4, -0.2) is 66.8 Å². The molecule has 1 saturated heterocycles. The maximum atomic E-state index is 13.0. The zero-order valence-corrected chi connectivity index (χ0v) is 15.9. The van der Waals surface area contributed by atoms with E-state index in [9.17, 15) is 9.90 Å². The summed E-state index contributed by atoms with van der Waals surface area (Å²) in [6.45, 7) is 2.26. The van der Waals surface area contributed by atoms with Crippen molar-refractivity contribution in [2.45, 2.75) is 18.4 Å². The predicted octanol–water partition coefficient (Wildman–Crippen LogP) is 2.43. The van der Waals surface area contributed by atoms with E-state index in [0.29, 0.717) is 31.6 Å². The molecular formula is C22H26N2O3. The number of aliphatic hydroxyl groups is 1. The Morgan fingerprint density at radius 2 is 2.04 bits per heavy atom. The third-order valence-electron chi connectivity index (χ3n) is 5.37. The van der Waals surface area contributed by atoms with Crippen molar-refractivity contribution in [2.24, 2.45) is 0 Å². The molecule has 0 spiro atoms. The molecule has 2 aliphatic heterocycles. The van der Waals surface area contributed by atoms with Gasteiger partial charge in [0, 0.05) is 25.1 Å². The molecule has 1 N–H and O–H groups in total. The second-order valence-corrected chi connectivity index (χ2v) is 7.94. The molecule has 5 heteroatoms. The van der Waals surface area contributed by atoms with E-state index in [0.717, 1.165) is 29.9 Å². The van der Waals surface area contributed by atoms with Crippen LogP contribution in [-0.2, 0) is 6.42 Å². The van der Waals surface area contributed by atoms with Gasteiger partial charge in [0.05, 0.1) is 18.8 Å². The lowest BCUT2D eigenvalue weighted by molar-refractivity contribution is 0.0236. The number of carbonyl (C=O) groups is 1. The summed E-state index contributed by atoms with van der Waals surface area (Å²) in [5.74, 6) is 0.918. The average molecular weight is 366 g/mol. The van der Waals surface area contributed by atoms with Gasteiger partial charge < -0.3 is 19.6 Å². The Balaban J connectivity index is 1.53. The molecule has 27 heavy (non-hydrogen) atoms. The molecule has 4 rings (SSSR count). The number of nitrogens with zero attached hydrogens (tertiary/aromatic N) is 2. The number of benzene rings is 2. The third-order valence-corrected chi connectivity index (χ3v) is 5.37. The van der Waals surface area contributed by atoms with Gasteiger partial charge in [-0.05, 0) is 55.4 Å². The van der Waals surface area contributed by atoms with Crippen molar-refractivity contribution in [2.75, 3.05) is 40.3 Å². The van der Waals surface area contributed by atoms with Crippen LogP contribution in [0.1, 0.15) is 22.3 Å². The number of β-amino-alcohol motifs (C(OH)–C–C–N with tert-alkyl or cyclic N) is 1. The van der Waals surface area contributed by atoms with E-state index in [1.54, 1.807) is 4.90 Å². The van der Waals surface area contributed by atoms with E-state index in [1.165, 1.54) is 5.56 Å². The minimum atomic E-state index is -0.825. The highest BCUT2D eigenvalue weighted by molar-refractivity contribution is 5.95. The van der Waals surface area contributed by atoms with Crippen molar-refractivity contribution >= 4 is 5.91 Å². The van der Waals surface area contributed by atoms with Crippen LogP contribution in [0.4, 0.5) is 0 Å². The largest absolute Gasteiger partial charge is 0.493 e. The zero-order valence-electron chi connectivity index (χ0n) is 15.9. The van der Waals surface area contributed by atoms with Crippen molar-refractivity contribution in [3.8, 4) is 16.9 Å². The molecular weight excluding hydrogens is 340 g/mol. The first-order valence-electron chi connectivity index (χ1n) is 9.46. The first-order chi connectivity index (χ1) is 12.9. The van der Waals surface area contributed by atoms with Gasteiger partial charge in [0.15, 0.2) is 0 Å². The maximum Gasteiger partial charge on any atom is 0.253 e. The Labute approximate surface area is 160 Å². The fourth-order valence-electron chi connectivity index (χ4n) is 4.11. The molecule has 2 aliphatic rings. The summed E-state index contributed by atoms with van der Waals surface area (Å²) in [6, 6.07) is 14.0. The molecule has 1 amide bonds. The number of hydrogen-bond acceptors (Lipinski definition) is 4. The summed E-state index contributed by atoms with van der Waals surface area (Å²) in [7, 11) is 3.87. The van der Waals surface area contributed by atoms with Crippen LogP contribution in [0.15, 0.2) is 42.5 Å². The molecule has 0 aromatic heterocycles. The summed E-state index contributed by atoms with van der Waals surface area (Å²) in [5, 5.41) is 10.7. The Hall–Kier alpha value is -2.37. The van der Waals surface area contributed by atoms with Crippen molar-refractivity contribution in [3.63, 3.8) is 0 Å². The molecule has 0 unspecified atom stereocenters. The summed E-state index contributed by atoms with van der Waals surface area (Å²) in [5.41, 5.74) is 3.12. The van der Waals surface area contributed by atoms with Gasteiger partial charge in [0.1, 0.15) is 5.75 Å². The van der Waals surface area contributed by atoms with E-state index >= 15 is 0 Å². The topological polar surface area (TPSA) is 53.0 Å². The lowest BCUT2D eigenvalue weighted by atomic mass is 10.0. The lowest BCUT2D eigenvalue weighted by Gasteiger charge is -2.26. The van der Waals surface area contributed by atoms with Crippen LogP contribution < -0.4 is 4.74 Å². The van der Waals surface area contributed by atoms with Crippen LogP contribution in [0, 0.1) is 0 Å². The minimum absolute atomic E-state index is 0.0241. The molecule has 5 nitrogen and oxygen atoms in total. The van der Waals surface area contributed by atoms with Gasteiger partial charge in [-0.1, -0.05) is 24.3 Å². The fourth-order valence-corrected chi connectivity index (χ4v) is 4.11. The van der Waals surface area contributed by atoms with Gasteiger partial charge in [0.25, 0.3) is 5.91 Å². The maximum absolute atomic E-state index is 13.0. The number of rotatable bonds is 4. The summed E-state index contributed by atoms with van der Waals surface area (Å²) < 4.78 is 5.67. The normalized spacial score (nSPS) is 21.4. The quantitative estimate of drug-likeness (QED) is 0.903. The van der Waals surface area contributed by atoms with Crippen LogP contribution in [0.5, 0.6) is 5.75 Å². The lowest BCUT2D eigenvalue weighted by Crippen LogP contribution is -2.43. The minimum Gasteiger partial charge on any atom is -0.493 e. The van der Waals surface area contributed by atoms with Crippen molar-refractivity contribution < 1.29 is 14.6 Å². The van der Waals surface area contributed by atoms with E-state index in [-0.39, 0.29) is 5.91 Å². The number of likely N-dealkylation sites (N-methyl/N-ethyl adjacent to an activating group) is 1. The van der Waals surface area contributed by atoms with E-state index in [1.807, 2.05) is 43.3 Å². The molecule has 2 aromatic rings. The van der Waals surface area contributed by atoms with Gasteiger partial charge in [-0.25, -0.2) is 0 Å². The van der Waals surface area contributed by atoms with Gasteiger partial charge in [-0.15, -0.1) is 0 Å². The second kappa shape index (κ2) is 6.98. The van der Waals surface area contributed by atoms with Gasteiger partial charge in [0.2, 0.25) is 0 Å². The third kappa shape index (κ3) is 3.70. The molecule has 0 radical (unpaired) electrons. The number of hydrogen-bond donors (Lipinski definition) is 1. The average Bonchev–Trinajstić information content (AvgIpc) is 3.26. The van der Waals surface area contributed by atoms with Gasteiger partial charge in [-0.3, -0.25) is 4.79 Å². The van der Waals surface area contributed by atoms with Crippen molar-refractivity contribution in [1.29, 1.82) is 0 Å². The first kappa shape index (κ1) is 18.0. The smallest absolute Gasteiger partial charge is 0.253 e. The predicted molar refractivity (Wildman–Crippen MR) is 105 cm³/mol. The zero-order chi connectivity index (χ0) is 19.0. The number of likely N-dealkylation sites (tertiary alicyclic amines) is 1. The second-order valence-electron chi connectivity index (χ2n) is 7.94. The Morgan fingerprint density at radius 1 is 1.22 bits per heavy atom. The number of carbonyl (C=O) groups excluding carboxylic acids is 1. The molecule has 0 aliphatic carbocycles. The van der Waals surface area contributed by atoms with Crippen molar-refractivity contribution in [1.82, 2.24) is 9.80 Å². The van der Waals surface area contributed by atoms with E-state index in [4.69, 9.17) is 4.74 Å². The van der Waals surface area contributed by atoms with Gasteiger partial charge >= 0.3 is 0 Å². The van der Waals surface area contributed by atoms with Crippen LogP contribution >= 0.6 is 0 Å². The van der Waals surface area contributed by atoms with Gasteiger partial charge in [-0.2, -0.15) is 0 Å². The molecule has 0 bridgehead atoms. The molecule has 142 valence electrons. The fraction of sp³-hybridized carbons (Fsp3) is 0.409. The van der Waals surface area contributed by atoms with E-state index < -0.39 is 5.60 Å². The highest BCUT2D eigenvalue weighted by Gasteiger charge is 2.38. The first-order valence-corrected chi connectivity index (χ1v) is 9.46. The monoisotopic (exact) mass is 366 g/mol. The standard InChI is InChI=1S/C22H26N2O3/c1-23(2)14-22(26)9-10-24(15-22)21(25)19-5-3-4-17(12-19)18-7-6-16-8-11-27-20(16)13-18/h3-7,12-13,26H,8-11,14-15H2,1-2H3/t22-/m0/s1. The van der Waals surface area contributed by atoms with E-state index in [2.05, 4.69) is 18.2 Å². The molecule has 0 saturated carbocycles. The number of ether oxygens (including phenoxy) is 1. The SMILES string of the molecule is CN(C)C[C@@]1(O)CCN(C(=O)c2cccc(-c3ccc4c(c3)OCC4)c2)C1. The van der Waals surface area contributed by atoms with Crippen LogP contribution in [0.25, 0.3) is 11.1 Å². The van der Waals surface area contributed by atoms with Crippen LogP contribution in [0.3, 0.4) is 0 Å². The Morgan fingerprint density at radius 3 is 2.85 bits per heavy atom. The summed E-state index contributed by atoms with van der Waals surface area (Å²) >= 11 is 0. The number of amides is 1. The molecule has 1 fully saturated rings. The Kier molecular flexibility index (Phi) is 4.66. The van der Waals surface area contributed by atoms with Crippen LogP contribution in [0.2, 0.25) is 0 Å². The Bertz CT molecular complexity index is 864.